The Hall–Kier alpha value is -7.30. The summed E-state index contributed by atoms with van der Waals surface area (Å²) in [5.74, 6) is 0. The molecule has 282 valence electrons. The van der Waals surface area contributed by atoms with Crippen LogP contribution in [0.2, 0.25) is 0 Å². The third-order valence-corrected chi connectivity index (χ3v) is 11.3. The van der Waals surface area contributed by atoms with E-state index in [4.69, 9.17) is 5.73 Å². The van der Waals surface area contributed by atoms with Crippen molar-refractivity contribution >= 4 is 49.6 Å². The van der Waals surface area contributed by atoms with Crippen LogP contribution in [-0.4, -0.2) is 4.57 Å². The molecule has 0 saturated carbocycles. The maximum atomic E-state index is 6.62. The number of benzene rings is 6. The minimum absolute atomic E-state index is 0.129. The number of allylic oxidation sites excluding steroid dienone is 12. The summed E-state index contributed by atoms with van der Waals surface area (Å²) in [7, 11) is 0. The number of hydrogen-bond donors (Lipinski definition) is 2. The molecule has 1 unspecified atom stereocenters. The van der Waals surface area contributed by atoms with Crippen molar-refractivity contribution in [3.05, 3.63) is 235 Å². The number of aromatic nitrogens is 1. The van der Waals surface area contributed by atoms with Gasteiger partial charge in [0.05, 0.1) is 17.4 Å². The Labute approximate surface area is 340 Å². The van der Waals surface area contributed by atoms with Crippen molar-refractivity contribution in [3.8, 4) is 11.1 Å². The third kappa shape index (κ3) is 7.01. The van der Waals surface area contributed by atoms with Gasteiger partial charge < -0.3 is 20.5 Å². The third-order valence-electron chi connectivity index (χ3n) is 11.3. The van der Waals surface area contributed by atoms with Crippen LogP contribution in [0, 0.1) is 0 Å². The Bertz CT molecular complexity index is 2890. The average molecular weight is 751 g/mol. The van der Waals surface area contributed by atoms with Gasteiger partial charge in [0, 0.05) is 45.4 Å². The summed E-state index contributed by atoms with van der Waals surface area (Å²) in [5, 5.41) is 8.73. The highest BCUT2D eigenvalue weighted by atomic mass is 15.2. The topological polar surface area (TPSA) is 46.2 Å². The Morgan fingerprint density at radius 1 is 0.707 bits per heavy atom. The monoisotopic (exact) mass is 750 g/mol. The van der Waals surface area contributed by atoms with E-state index < -0.39 is 0 Å². The zero-order valence-corrected chi connectivity index (χ0v) is 32.6. The predicted octanol–water partition coefficient (Wildman–Crippen LogP) is 13.8. The van der Waals surface area contributed by atoms with Gasteiger partial charge in [-0.3, -0.25) is 0 Å². The molecule has 7 aromatic rings. The lowest BCUT2D eigenvalue weighted by Crippen LogP contribution is -2.21. The fourth-order valence-electron chi connectivity index (χ4n) is 8.53. The number of nitrogen functional groups attached to an aromatic ring is 1. The molecule has 6 aromatic carbocycles. The molecule has 0 amide bonds. The largest absolute Gasteiger partial charge is 0.397 e. The van der Waals surface area contributed by atoms with Crippen LogP contribution in [0.4, 0.5) is 17.1 Å². The van der Waals surface area contributed by atoms with Gasteiger partial charge in [0.2, 0.25) is 0 Å². The number of nitrogens with two attached hydrogens (primary N) is 1. The Morgan fingerprint density at radius 3 is 2.28 bits per heavy atom. The van der Waals surface area contributed by atoms with Crippen molar-refractivity contribution < 1.29 is 0 Å². The van der Waals surface area contributed by atoms with E-state index >= 15 is 0 Å². The van der Waals surface area contributed by atoms with E-state index in [1.807, 2.05) is 24.3 Å². The highest BCUT2D eigenvalue weighted by Crippen LogP contribution is 2.41. The van der Waals surface area contributed by atoms with Crippen molar-refractivity contribution in [2.45, 2.75) is 25.4 Å². The van der Waals surface area contributed by atoms with E-state index in [2.05, 4.69) is 198 Å². The summed E-state index contributed by atoms with van der Waals surface area (Å²) in [5.41, 5.74) is 19.5. The molecular weight excluding hydrogens is 705 g/mol. The van der Waals surface area contributed by atoms with Crippen LogP contribution in [0.3, 0.4) is 0 Å². The van der Waals surface area contributed by atoms with E-state index in [0.29, 0.717) is 12.2 Å². The quantitative estimate of drug-likeness (QED) is 0.144. The van der Waals surface area contributed by atoms with Crippen molar-refractivity contribution in [2.75, 3.05) is 16.0 Å². The van der Waals surface area contributed by atoms with Gasteiger partial charge in [-0.15, -0.1) is 0 Å². The SMILES string of the molecule is C=C/C1=C(\C=C2\C=CC=CC2)C/C=C\C=C/C(=C)N1c1ccc2c(c1)c1c3ccccc3ccc1n2CC(Nc1ccccc1N)c1ccccc1-c1ccccc1. The average Bonchev–Trinajstić information content (AvgIpc) is 3.61. The zero-order chi connectivity index (χ0) is 39.4. The number of nitrogens with one attached hydrogen (secondary N) is 1. The molecule has 9 rings (SSSR count). The second-order valence-corrected chi connectivity index (χ2v) is 14.9. The van der Waals surface area contributed by atoms with E-state index in [0.717, 1.165) is 41.1 Å². The highest BCUT2D eigenvalue weighted by molar-refractivity contribution is 6.21. The maximum absolute atomic E-state index is 6.62. The maximum Gasteiger partial charge on any atom is 0.0700 e. The summed E-state index contributed by atoms with van der Waals surface area (Å²) < 4.78 is 2.49. The molecule has 2 aliphatic rings. The minimum atomic E-state index is -0.129. The summed E-state index contributed by atoms with van der Waals surface area (Å²) >= 11 is 0. The molecule has 1 aromatic heterocycles. The Kier molecular flexibility index (Phi) is 10.1. The Balaban J connectivity index is 1.25. The van der Waals surface area contributed by atoms with Gasteiger partial charge in [-0.25, -0.2) is 0 Å². The van der Waals surface area contributed by atoms with Crippen LogP contribution in [0.15, 0.2) is 230 Å². The molecule has 1 aliphatic carbocycles. The first-order chi connectivity index (χ1) is 28.6. The molecule has 58 heavy (non-hydrogen) atoms. The highest BCUT2D eigenvalue weighted by Gasteiger charge is 2.24. The molecular formula is C54H46N4. The van der Waals surface area contributed by atoms with Gasteiger partial charge in [0.1, 0.15) is 0 Å². The molecule has 1 atom stereocenters. The first-order valence-corrected chi connectivity index (χ1v) is 20.0. The number of nitrogens with zero attached hydrogens (tertiary/aromatic N) is 2. The van der Waals surface area contributed by atoms with Crippen LogP contribution in [0.5, 0.6) is 0 Å². The fraction of sp³-hybridized carbons (Fsp3) is 0.0741. The standard InChI is InChI=1S/C54H46N4/c1-3-51-42(35-39-20-8-5-9-21-39)25-12-4-7-19-38(2)58(51)43-32-34-52-47(36-43)54-45-27-14-13-24-41(45)31-33-53(54)57(52)37-50(56-49-30-18-17-29-48(49)55)46-28-16-15-26-44(46)40-22-10-6-11-23-40/h3-20,22-24,26-36,50,56H,1-2,21,25,37,55H2/b12-4-,19-7-,39-35-,51-42+. The normalized spacial score (nSPS) is 18.0. The number of fused-ring (bicyclic) bond motifs is 5. The smallest absolute Gasteiger partial charge is 0.0700 e. The zero-order valence-electron chi connectivity index (χ0n) is 32.6. The molecule has 0 radical (unpaired) electrons. The minimum Gasteiger partial charge on any atom is -0.397 e. The molecule has 4 heteroatoms. The Morgan fingerprint density at radius 2 is 1.45 bits per heavy atom. The van der Waals surface area contributed by atoms with Crippen molar-refractivity contribution in [3.63, 3.8) is 0 Å². The van der Waals surface area contributed by atoms with Crippen LogP contribution >= 0.6 is 0 Å². The number of hydrogen-bond acceptors (Lipinski definition) is 3. The lowest BCUT2D eigenvalue weighted by molar-refractivity contribution is 0.641. The van der Waals surface area contributed by atoms with Crippen molar-refractivity contribution in [1.82, 2.24) is 4.57 Å². The van der Waals surface area contributed by atoms with E-state index in [1.165, 1.54) is 54.9 Å². The molecule has 4 nitrogen and oxygen atoms in total. The number of anilines is 3. The molecule has 1 aliphatic heterocycles. The molecule has 2 heterocycles. The van der Waals surface area contributed by atoms with E-state index in [1.54, 1.807) is 0 Å². The second kappa shape index (κ2) is 16.0. The van der Waals surface area contributed by atoms with Crippen molar-refractivity contribution in [1.29, 1.82) is 0 Å². The summed E-state index contributed by atoms with van der Waals surface area (Å²) in [6, 6.07) is 47.4. The van der Waals surface area contributed by atoms with Gasteiger partial charge in [0.25, 0.3) is 0 Å². The summed E-state index contributed by atoms with van der Waals surface area (Å²) in [4.78, 5) is 2.26. The first kappa shape index (κ1) is 36.3. The van der Waals surface area contributed by atoms with Gasteiger partial charge in [-0.05, 0) is 100 Å². The van der Waals surface area contributed by atoms with Gasteiger partial charge in [0.15, 0.2) is 0 Å². The molecule has 0 bridgehead atoms. The van der Waals surface area contributed by atoms with Crippen LogP contribution in [0.25, 0.3) is 43.7 Å². The number of para-hydroxylation sites is 2. The first-order valence-electron chi connectivity index (χ1n) is 20.0. The summed E-state index contributed by atoms with van der Waals surface area (Å²) in [6.07, 6.45) is 23.0. The second-order valence-electron chi connectivity index (χ2n) is 14.9. The lowest BCUT2D eigenvalue weighted by atomic mass is 9.94. The molecule has 0 spiro atoms. The molecule has 0 fully saturated rings. The predicted molar refractivity (Wildman–Crippen MR) is 249 cm³/mol. The van der Waals surface area contributed by atoms with E-state index in [9.17, 15) is 0 Å². The van der Waals surface area contributed by atoms with Crippen LogP contribution in [-0.2, 0) is 6.54 Å². The summed E-state index contributed by atoms with van der Waals surface area (Å²) in [6.45, 7) is 9.61. The van der Waals surface area contributed by atoms with Gasteiger partial charge in [-0.2, -0.15) is 0 Å². The van der Waals surface area contributed by atoms with E-state index in [-0.39, 0.29) is 6.04 Å². The number of rotatable bonds is 9. The molecule has 0 saturated heterocycles. The van der Waals surface area contributed by atoms with Crippen LogP contribution < -0.4 is 16.0 Å². The van der Waals surface area contributed by atoms with Gasteiger partial charge in [-0.1, -0.05) is 159 Å². The van der Waals surface area contributed by atoms with Crippen LogP contribution in [0.1, 0.15) is 24.4 Å². The lowest BCUT2D eigenvalue weighted by Gasteiger charge is -2.28. The molecule has 3 N–H and O–H groups in total. The van der Waals surface area contributed by atoms with Gasteiger partial charge >= 0.3 is 0 Å². The van der Waals surface area contributed by atoms with Crippen molar-refractivity contribution in [2.24, 2.45) is 0 Å². The fourth-order valence-corrected chi connectivity index (χ4v) is 8.53.